The maximum atomic E-state index is 11.2. The maximum Gasteiger partial charge on any atom is 0.130 e. The van der Waals surface area contributed by atoms with E-state index in [1.807, 2.05) is 30.3 Å². The summed E-state index contributed by atoms with van der Waals surface area (Å²) in [5, 5.41) is 2.98. The van der Waals surface area contributed by atoms with Crippen molar-refractivity contribution in [2.45, 2.75) is 18.3 Å². The van der Waals surface area contributed by atoms with Gasteiger partial charge in [-0.15, -0.1) is 0 Å². The van der Waals surface area contributed by atoms with Gasteiger partial charge in [0.15, 0.2) is 0 Å². The molecule has 1 aliphatic carbocycles. The molecule has 2 aromatic rings. The lowest BCUT2D eigenvalue weighted by atomic mass is 9.92. The van der Waals surface area contributed by atoms with Crippen molar-refractivity contribution in [3.05, 3.63) is 47.0 Å². The molecule has 1 saturated carbocycles. The average molecular weight is 231 g/mol. The largest absolute Gasteiger partial charge is 0.302 e. The second-order valence-corrected chi connectivity index (χ2v) is 4.88. The zero-order valence-corrected chi connectivity index (χ0v) is 9.50. The van der Waals surface area contributed by atoms with Gasteiger partial charge in [-0.2, -0.15) is 0 Å². The maximum absolute atomic E-state index is 11.2. The van der Waals surface area contributed by atoms with Crippen molar-refractivity contribution in [3.8, 4) is 0 Å². The highest BCUT2D eigenvalue weighted by atomic mass is 35.5. The summed E-state index contributed by atoms with van der Waals surface area (Å²) >= 11 is 6.02. The first-order chi connectivity index (χ1) is 7.75. The highest BCUT2D eigenvalue weighted by Crippen LogP contribution is 2.48. The van der Waals surface area contributed by atoms with Gasteiger partial charge >= 0.3 is 0 Å². The summed E-state index contributed by atoms with van der Waals surface area (Å²) in [5.41, 5.74) is 0.895. The lowest BCUT2D eigenvalue weighted by Crippen LogP contribution is -2.08. The topological polar surface area (TPSA) is 17.1 Å². The van der Waals surface area contributed by atoms with E-state index >= 15 is 0 Å². The minimum atomic E-state index is -0.232. The third-order valence-electron chi connectivity index (χ3n) is 3.39. The van der Waals surface area contributed by atoms with Gasteiger partial charge in [0.1, 0.15) is 6.29 Å². The Morgan fingerprint density at radius 1 is 1.19 bits per heavy atom. The van der Waals surface area contributed by atoms with E-state index in [9.17, 15) is 4.79 Å². The van der Waals surface area contributed by atoms with Gasteiger partial charge in [0, 0.05) is 5.02 Å². The first-order valence-electron chi connectivity index (χ1n) is 5.40. The molecule has 3 rings (SSSR count). The zero-order chi connectivity index (χ0) is 11.2. The van der Waals surface area contributed by atoms with Crippen molar-refractivity contribution in [3.63, 3.8) is 0 Å². The number of carbonyl (C=O) groups is 1. The Labute approximate surface area is 99.0 Å². The van der Waals surface area contributed by atoms with Crippen LogP contribution in [0.1, 0.15) is 18.4 Å². The van der Waals surface area contributed by atoms with Gasteiger partial charge in [0.2, 0.25) is 0 Å². The molecule has 0 aromatic heterocycles. The molecule has 0 saturated heterocycles. The number of benzene rings is 2. The van der Waals surface area contributed by atoms with Crippen molar-refractivity contribution >= 4 is 28.7 Å². The van der Waals surface area contributed by atoms with E-state index in [0.29, 0.717) is 0 Å². The molecule has 0 aliphatic heterocycles. The van der Waals surface area contributed by atoms with E-state index in [4.69, 9.17) is 11.6 Å². The lowest BCUT2D eigenvalue weighted by Gasteiger charge is -2.11. The van der Waals surface area contributed by atoms with Crippen LogP contribution >= 0.6 is 11.6 Å². The van der Waals surface area contributed by atoms with Crippen molar-refractivity contribution in [1.82, 2.24) is 0 Å². The number of hydrogen-bond acceptors (Lipinski definition) is 1. The summed E-state index contributed by atoms with van der Waals surface area (Å²) in [6.45, 7) is 0. The second kappa shape index (κ2) is 3.33. The molecule has 0 atom stereocenters. The molecule has 0 amide bonds. The highest BCUT2D eigenvalue weighted by Gasteiger charge is 2.45. The lowest BCUT2D eigenvalue weighted by molar-refractivity contribution is -0.109. The van der Waals surface area contributed by atoms with Crippen LogP contribution in [0.15, 0.2) is 36.4 Å². The molecule has 0 N–H and O–H groups in total. The summed E-state index contributed by atoms with van der Waals surface area (Å²) in [5.74, 6) is 0. The molecule has 0 radical (unpaired) electrons. The van der Waals surface area contributed by atoms with Crippen molar-refractivity contribution in [2.75, 3.05) is 0 Å². The smallest absolute Gasteiger partial charge is 0.130 e. The SMILES string of the molecule is O=CC1(c2cccc3ccc(Cl)cc23)CC1. The fraction of sp³-hybridized carbons (Fsp3) is 0.214. The summed E-state index contributed by atoms with van der Waals surface area (Å²) in [7, 11) is 0. The number of hydrogen-bond donors (Lipinski definition) is 0. The molecule has 80 valence electrons. The minimum Gasteiger partial charge on any atom is -0.302 e. The molecule has 1 nitrogen and oxygen atoms in total. The Morgan fingerprint density at radius 2 is 2.00 bits per heavy atom. The molecule has 1 aliphatic rings. The molecule has 16 heavy (non-hydrogen) atoms. The van der Waals surface area contributed by atoms with Gasteiger partial charge in [-0.1, -0.05) is 35.9 Å². The highest BCUT2D eigenvalue weighted by molar-refractivity contribution is 6.31. The predicted octanol–water partition coefficient (Wildman–Crippen LogP) is 3.72. The third-order valence-corrected chi connectivity index (χ3v) is 3.63. The molecular formula is C14H11ClO. The summed E-state index contributed by atoms with van der Waals surface area (Å²) in [6.07, 6.45) is 3.01. The number of carbonyl (C=O) groups excluding carboxylic acids is 1. The number of rotatable bonds is 2. The zero-order valence-electron chi connectivity index (χ0n) is 8.74. The van der Waals surface area contributed by atoms with E-state index in [1.54, 1.807) is 0 Å². The van der Waals surface area contributed by atoms with Gasteiger partial charge in [-0.25, -0.2) is 0 Å². The van der Waals surface area contributed by atoms with Gasteiger partial charge in [0.05, 0.1) is 5.41 Å². The average Bonchev–Trinajstić information content (AvgIpc) is 3.09. The van der Waals surface area contributed by atoms with Crippen LogP contribution in [-0.2, 0) is 10.2 Å². The molecule has 0 spiro atoms. The fourth-order valence-electron chi connectivity index (χ4n) is 2.26. The van der Waals surface area contributed by atoms with Gasteiger partial charge in [-0.05, 0) is 41.3 Å². The first kappa shape index (κ1) is 9.86. The molecule has 0 bridgehead atoms. The van der Waals surface area contributed by atoms with E-state index in [-0.39, 0.29) is 5.41 Å². The third kappa shape index (κ3) is 1.35. The molecular weight excluding hydrogens is 220 g/mol. The minimum absolute atomic E-state index is 0.232. The summed E-state index contributed by atoms with van der Waals surface area (Å²) < 4.78 is 0. The first-order valence-corrected chi connectivity index (χ1v) is 5.78. The molecule has 0 heterocycles. The predicted molar refractivity (Wildman–Crippen MR) is 65.9 cm³/mol. The quantitative estimate of drug-likeness (QED) is 0.719. The van der Waals surface area contributed by atoms with E-state index in [2.05, 4.69) is 6.07 Å². The van der Waals surface area contributed by atoms with Crippen LogP contribution in [0.25, 0.3) is 10.8 Å². The van der Waals surface area contributed by atoms with Crippen molar-refractivity contribution < 1.29 is 4.79 Å². The normalized spacial score (nSPS) is 17.3. The molecule has 0 unspecified atom stereocenters. The standard InChI is InChI=1S/C14H11ClO/c15-11-5-4-10-2-1-3-13(12(10)8-11)14(9-16)6-7-14/h1-5,8-9H,6-7H2. The Balaban J connectivity index is 2.32. The van der Waals surface area contributed by atoms with Gasteiger partial charge < -0.3 is 4.79 Å². The summed E-state index contributed by atoms with van der Waals surface area (Å²) in [6, 6.07) is 11.9. The van der Waals surface area contributed by atoms with Gasteiger partial charge in [0.25, 0.3) is 0 Å². The van der Waals surface area contributed by atoms with E-state index in [0.717, 1.165) is 40.5 Å². The van der Waals surface area contributed by atoms with Crippen LogP contribution in [0, 0.1) is 0 Å². The molecule has 2 heteroatoms. The number of halogens is 1. The molecule has 2 aromatic carbocycles. The second-order valence-electron chi connectivity index (χ2n) is 4.45. The van der Waals surface area contributed by atoms with Crippen LogP contribution in [-0.4, -0.2) is 6.29 Å². The number of fused-ring (bicyclic) bond motifs is 1. The van der Waals surface area contributed by atoms with Crippen LogP contribution in [0.4, 0.5) is 0 Å². The molecule has 1 fully saturated rings. The summed E-state index contributed by atoms with van der Waals surface area (Å²) in [4.78, 5) is 11.2. The number of aldehydes is 1. The van der Waals surface area contributed by atoms with E-state index in [1.165, 1.54) is 0 Å². The Bertz CT molecular complexity index is 570. The Morgan fingerprint density at radius 3 is 2.69 bits per heavy atom. The monoisotopic (exact) mass is 230 g/mol. The van der Waals surface area contributed by atoms with Crippen LogP contribution in [0.3, 0.4) is 0 Å². The fourth-order valence-corrected chi connectivity index (χ4v) is 2.44. The Kier molecular flexibility index (Phi) is 2.05. The van der Waals surface area contributed by atoms with Crippen LogP contribution < -0.4 is 0 Å². The van der Waals surface area contributed by atoms with Crippen LogP contribution in [0.5, 0.6) is 0 Å². The van der Waals surface area contributed by atoms with Crippen molar-refractivity contribution in [1.29, 1.82) is 0 Å². The van der Waals surface area contributed by atoms with Gasteiger partial charge in [-0.3, -0.25) is 0 Å². The Hall–Kier alpha value is -1.34. The van der Waals surface area contributed by atoms with E-state index < -0.39 is 0 Å². The van der Waals surface area contributed by atoms with Crippen molar-refractivity contribution in [2.24, 2.45) is 0 Å². The van der Waals surface area contributed by atoms with Crippen LogP contribution in [0.2, 0.25) is 5.02 Å².